The number of rotatable bonds is 4. The van der Waals surface area contributed by atoms with E-state index in [2.05, 4.69) is 27.6 Å². The van der Waals surface area contributed by atoms with Gasteiger partial charge in [0.05, 0.1) is 12.1 Å². The minimum atomic E-state index is -0.358. The lowest BCUT2D eigenvalue weighted by molar-refractivity contribution is -0.133. The fraction of sp³-hybridized carbons (Fsp3) is 0.0588. The van der Waals surface area contributed by atoms with Crippen molar-refractivity contribution in [2.45, 2.75) is 6.42 Å². The van der Waals surface area contributed by atoms with E-state index in [4.69, 9.17) is 4.74 Å². The number of benzene rings is 2. The van der Waals surface area contributed by atoms with Crippen LogP contribution in [0.3, 0.4) is 0 Å². The first kappa shape index (κ1) is 16.1. The molecule has 0 aliphatic carbocycles. The van der Waals surface area contributed by atoms with Crippen molar-refractivity contribution in [1.29, 1.82) is 0 Å². The van der Waals surface area contributed by atoms with Crippen LogP contribution in [0.5, 0.6) is 5.75 Å². The van der Waals surface area contributed by atoms with Crippen LogP contribution in [0.4, 0.5) is 4.39 Å². The zero-order chi connectivity index (χ0) is 16.2. The molecule has 0 unspecified atom stereocenters. The molecule has 1 aromatic heterocycles. The van der Waals surface area contributed by atoms with Gasteiger partial charge in [-0.25, -0.2) is 9.37 Å². The second-order valence-electron chi connectivity index (χ2n) is 4.76. The Kier molecular flexibility index (Phi) is 5.02. The van der Waals surface area contributed by atoms with E-state index in [1.54, 1.807) is 24.3 Å². The molecule has 0 bridgehead atoms. The lowest BCUT2D eigenvalue weighted by atomic mass is 10.2. The van der Waals surface area contributed by atoms with Gasteiger partial charge in [0.1, 0.15) is 16.6 Å². The zero-order valence-corrected chi connectivity index (χ0v) is 14.8. The fourth-order valence-corrected chi connectivity index (χ4v) is 3.30. The van der Waals surface area contributed by atoms with Gasteiger partial charge in [0, 0.05) is 14.5 Å². The molecule has 0 atom stereocenters. The molecule has 1 heterocycles. The summed E-state index contributed by atoms with van der Waals surface area (Å²) >= 11 is 3.58. The Morgan fingerprint density at radius 2 is 2.00 bits per heavy atom. The Balaban J connectivity index is 1.66. The highest BCUT2D eigenvalue weighted by molar-refractivity contribution is 14.1. The quantitative estimate of drug-likeness (QED) is 0.336. The molecule has 0 aliphatic heterocycles. The highest BCUT2D eigenvalue weighted by Gasteiger charge is 2.11. The summed E-state index contributed by atoms with van der Waals surface area (Å²) < 4.78 is 19.2. The number of carbonyl (C=O) groups excluding carboxylic acids is 1. The minimum Gasteiger partial charge on any atom is -0.426 e. The van der Waals surface area contributed by atoms with Crippen molar-refractivity contribution in [3.8, 4) is 16.3 Å². The molecule has 0 radical (unpaired) electrons. The third-order valence-electron chi connectivity index (χ3n) is 3.00. The number of hydrogen-bond donors (Lipinski definition) is 0. The van der Waals surface area contributed by atoms with Crippen LogP contribution in [0.25, 0.3) is 10.6 Å². The van der Waals surface area contributed by atoms with Crippen molar-refractivity contribution in [3.05, 3.63) is 69.0 Å². The van der Waals surface area contributed by atoms with Gasteiger partial charge in [0.2, 0.25) is 0 Å². The van der Waals surface area contributed by atoms with Gasteiger partial charge >= 0.3 is 5.97 Å². The fourth-order valence-electron chi connectivity index (χ4n) is 1.96. The van der Waals surface area contributed by atoms with Crippen LogP contribution in [0.2, 0.25) is 0 Å². The SMILES string of the molecule is O=C(Cc1csc(-c2ccc(F)cc2)n1)Oc1cccc(I)c1. The molecule has 116 valence electrons. The third-order valence-corrected chi connectivity index (χ3v) is 4.61. The highest BCUT2D eigenvalue weighted by atomic mass is 127. The Bertz CT molecular complexity index is 833. The number of carbonyl (C=O) groups is 1. The van der Waals surface area contributed by atoms with Crippen LogP contribution in [-0.2, 0) is 11.2 Å². The Morgan fingerprint density at radius 1 is 1.22 bits per heavy atom. The van der Waals surface area contributed by atoms with Crippen LogP contribution < -0.4 is 4.74 Å². The predicted molar refractivity (Wildman–Crippen MR) is 96.0 cm³/mol. The Hall–Kier alpha value is -1.80. The normalized spacial score (nSPS) is 10.5. The topological polar surface area (TPSA) is 39.2 Å². The average molecular weight is 439 g/mol. The van der Waals surface area contributed by atoms with Gasteiger partial charge in [-0.3, -0.25) is 4.79 Å². The maximum atomic E-state index is 12.9. The molecule has 0 fully saturated rings. The van der Waals surface area contributed by atoms with E-state index in [1.165, 1.54) is 23.5 Å². The van der Waals surface area contributed by atoms with Crippen molar-refractivity contribution in [2.24, 2.45) is 0 Å². The van der Waals surface area contributed by atoms with E-state index in [0.29, 0.717) is 11.4 Å². The van der Waals surface area contributed by atoms with Gasteiger partial charge < -0.3 is 4.74 Å². The number of thiazole rings is 1. The van der Waals surface area contributed by atoms with Crippen LogP contribution in [0.15, 0.2) is 53.9 Å². The summed E-state index contributed by atoms with van der Waals surface area (Å²) in [4.78, 5) is 16.4. The summed E-state index contributed by atoms with van der Waals surface area (Å²) in [5.74, 6) is -0.120. The highest BCUT2D eigenvalue weighted by Crippen LogP contribution is 2.24. The summed E-state index contributed by atoms with van der Waals surface area (Å²) in [6.45, 7) is 0. The van der Waals surface area contributed by atoms with Crippen molar-refractivity contribution in [3.63, 3.8) is 0 Å². The van der Waals surface area contributed by atoms with Gasteiger partial charge in [-0.1, -0.05) is 6.07 Å². The van der Waals surface area contributed by atoms with E-state index >= 15 is 0 Å². The molecule has 3 rings (SSSR count). The minimum absolute atomic E-state index is 0.100. The van der Waals surface area contributed by atoms with Crippen LogP contribution in [0.1, 0.15) is 5.69 Å². The molecular weight excluding hydrogens is 428 g/mol. The van der Waals surface area contributed by atoms with E-state index in [1.807, 2.05) is 17.5 Å². The largest absolute Gasteiger partial charge is 0.426 e. The molecule has 0 spiro atoms. The number of aromatic nitrogens is 1. The molecular formula is C17H11FINO2S. The van der Waals surface area contributed by atoms with E-state index < -0.39 is 0 Å². The van der Waals surface area contributed by atoms with Crippen molar-refractivity contribution < 1.29 is 13.9 Å². The molecule has 3 nitrogen and oxygen atoms in total. The molecule has 2 aromatic carbocycles. The van der Waals surface area contributed by atoms with Crippen LogP contribution >= 0.6 is 33.9 Å². The molecule has 0 saturated heterocycles. The smallest absolute Gasteiger partial charge is 0.317 e. The maximum Gasteiger partial charge on any atom is 0.317 e. The van der Waals surface area contributed by atoms with E-state index in [0.717, 1.165) is 14.1 Å². The lowest BCUT2D eigenvalue weighted by Crippen LogP contribution is -2.11. The van der Waals surface area contributed by atoms with Gasteiger partial charge in [-0.05, 0) is 65.1 Å². The van der Waals surface area contributed by atoms with E-state index in [9.17, 15) is 9.18 Å². The average Bonchev–Trinajstić information content (AvgIpc) is 2.96. The molecule has 0 amide bonds. The maximum absolute atomic E-state index is 12.9. The summed E-state index contributed by atoms with van der Waals surface area (Å²) in [5, 5.41) is 2.57. The Labute approximate surface area is 150 Å². The first-order chi connectivity index (χ1) is 11.1. The molecule has 0 N–H and O–H groups in total. The Morgan fingerprint density at radius 3 is 2.74 bits per heavy atom. The third kappa shape index (κ3) is 4.35. The molecule has 0 aliphatic rings. The van der Waals surface area contributed by atoms with Crippen molar-refractivity contribution in [2.75, 3.05) is 0 Å². The van der Waals surface area contributed by atoms with Crippen molar-refractivity contribution >= 4 is 39.9 Å². The summed E-state index contributed by atoms with van der Waals surface area (Å²) in [6, 6.07) is 13.4. The van der Waals surface area contributed by atoms with E-state index in [-0.39, 0.29) is 18.2 Å². The molecule has 23 heavy (non-hydrogen) atoms. The number of ether oxygens (including phenoxy) is 1. The van der Waals surface area contributed by atoms with Gasteiger partial charge in [0.25, 0.3) is 0 Å². The number of nitrogens with zero attached hydrogens (tertiary/aromatic N) is 1. The second kappa shape index (κ2) is 7.18. The molecule has 3 aromatic rings. The monoisotopic (exact) mass is 439 g/mol. The van der Waals surface area contributed by atoms with Gasteiger partial charge in [0.15, 0.2) is 0 Å². The number of halogens is 2. The predicted octanol–water partition coefficient (Wildman–Crippen LogP) is 4.70. The molecule has 6 heteroatoms. The molecule has 0 saturated carbocycles. The lowest BCUT2D eigenvalue weighted by Gasteiger charge is -2.03. The zero-order valence-electron chi connectivity index (χ0n) is 11.8. The van der Waals surface area contributed by atoms with Crippen molar-refractivity contribution in [1.82, 2.24) is 4.98 Å². The van der Waals surface area contributed by atoms with Crippen LogP contribution in [0, 0.1) is 9.39 Å². The first-order valence-corrected chi connectivity index (χ1v) is 8.72. The number of hydrogen-bond acceptors (Lipinski definition) is 4. The number of esters is 1. The summed E-state index contributed by atoms with van der Waals surface area (Å²) in [6.07, 6.45) is 0.100. The summed E-state index contributed by atoms with van der Waals surface area (Å²) in [7, 11) is 0. The standard InChI is InChI=1S/C17H11FINO2S/c18-12-6-4-11(5-7-12)17-20-14(10-23-17)9-16(21)22-15-3-1-2-13(19)8-15/h1-8,10H,9H2. The van der Waals surface area contributed by atoms with Crippen LogP contribution in [-0.4, -0.2) is 11.0 Å². The second-order valence-corrected chi connectivity index (χ2v) is 6.86. The van der Waals surface area contributed by atoms with Gasteiger partial charge in [-0.15, -0.1) is 11.3 Å². The first-order valence-electron chi connectivity index (χ1n) is 6.77. The van der Waals surface area contributed by atoms with Gasteiger partial charge in [-0.2, -0.15) is 0 Å². The summed E-state index contributed by atoms with van der Waals surface area (Å²) in [5.41, 5.74) is 1.47.